The number of nitrogens with one attached hydrogen (secondary N) is 2. The summed E-state index contributed by atoms with van der Waals surface area (Å²) in [5, 5.41) is 20.9. The molecule has 5 aromatic rings. The fraction of sp³-hybridized carbons (Fsp3) is 0.491. The smallest absolute Gasteiger partial charge is 0.249 e. The minimum atomic E-state index is -1.10. The zero-order valence-electron chi connectivity index (χ0n) is 42.4. The number of carbonyl (C=O) groups excluding carboxylic acids is 4. The van der Waals surface area contributed by atoms with E-state index < -0.39 is 40.0 Å². The van der Waals surface area contributed by atoms with Gasteiger partial charge in [-0.15, -0.1) is 0 Å². The molecule has 10 rings (SSSR count). The number of ether oxygens (including phenoxy) is 2. The zero-order chi connectivity index (χ0) is 52.1. The third kappa shape index (κ3) is 9.78. The Kier molecular flexibility index (Phi) is 14.6. The van der Waals surface area contributed by atoms with Gasteiger partial charge in [-0.1, -0.05) is 67.9 Å². The average molecular weight is 1030 g/mol. The lowest BCUT2D eigenvalue weighted by atomic mass is 9.76. The first-order chi connectivity index (χ1) is 35.6. The number of hydrogen-bond acceptors (Lipinski definition) is 10. The number of aromatic nitrogens is 2. The number of primary amides is 1. The molecule has 3 saturated heterocycles. The van der Waals surface area contributed by atoms with E-state index in [1.807, 2.05) is 49.0 Å². The molecule has 4 aromatic carbocycles. The van der Waals surface area contributed by atoms with Crippen LogP contribution >= 0.6 is 11.6 Å². The number of imide groups is 1. The second-order valence-electron chi connectivity index (χ2n) is 21.7. The molecule has 5 aliphatic rings. The van der Waals surface area contributed by atoms with Gasteiger partial charge in [-0.25, -0.2) is 8.78 Å². The van der Waals surface area contributed by atoms with Gasteiger partial charge in [-0.2, -0.15) is 5.10 Å². The van der Waals surface area contributed by atoms with Crippen LogP contribution in [-0.2, 0) is 27.0 Å². The monoisotopic (exact) mass is 1030 g/mol. The van der Waals surface area contributed by atoms with Crippen molar-refractivity contribution in [1.29, 1.82) is 0 Å². The van der Waals surface area contributed by atoms with Crippen LogP contribution in [0.15, 0.2) is 66.7 Å². The van der Waals surface area contributed by atoms with E-state index in [0.717, 1.165) is 106 Å². The molecule has 4 aliphatic heterocycles. The van der Waals surface area contributed by atoms with Gasteiger partial charge in [0.05, 0.1) is 34.3 Å². The number of benzene rings is 4. The number of piperidine rings is 3. The molecule has 3 atom stereocenters. The number of aliphatic hydroxyl groups excluding tert-OH is 1. The van der Waals surface area contributed by atoms with Crippen LogP contribution in [0.4, 0.5) is 8.78 Å². The van der Waals surface area contributed by atoms with E-state index >= 15 is 8.78 Å². The first-order valence-electron chi connectivity index (χ1n) is 26.3. The second kappa shape index (κ2) is 21.0. The first-order valence-corrected chi connectivity index (χ1v) is 26.6. The van der Waals surface area contributed by atoms with Crippen molar-refractivity contribution in [3.8, 4) is 22.6 Å². The van der Waals surface area contributed by atoms with Crippen molar-refractivity contribution in [2.24, 2.45) is 24.1 Å². The predicted molar refractivity (Wildman–Crippen MR) is 277 cm³/mol. The average Bonchev–Trinajstić information content (AvgIpc) is 3.88. The van der Waals surface area contributed by atoms with E-state index in [1.54, 1.807) is 0 Å². The minimum Gasteiger partial charge on any atom is -0.488 e. The summed E-state index contributed by atoms with van der Waals surface area (Å²) in [7, 11) is 1.92. The number of fused-ring (bicyclic) bond motifs is 2. The van der Waals surface area contributed by atoms with Crippen molar-refractivity contribution in [2.75, 3.05) is 52.5 Å². The molecule has 0 radical (unpaired) electrons. The summed E-state index contributed by atoms with van der Waals surface area (Å²) >= 11 is 6.73. The van der Waals surface area contributed by atoms with Crippen LogP contribution in [-0.4, -0.2) is 107 Å². The molecule has 1 aromatic heterocycles. The first kappa shape index (κ1) is 51.5. The van der Waals surface area contributed by atoms with Gasteiger partial charge >= 0.3 is 0 Å². The lowest BCUT2D eigenvalue weighted by Gasteiger charge is -2.45. The molecule has 1 saturated carbocycles. The maximum atomic E-state index is 16.5. The van der Waals surface area contributed by atoms with E-state index in [4.69, 9.17) is 31.9 Å². The molecule has 0 bridgehead atoms. The summed E-state index contributed by atoms with van der Waals surface area (Å²) in [5.74, 6) is -3.71. The number of likely N-dealkylation sites (tertiary alicyclic amines) is 2. The maximum Gasteiger partial charge on any atom is 0.249 e. The number of aryl methyl sites for hydroxylation is 1. The maximum absolute atomic E-state index is 16.5. The zero-order valence-corrected chi connectivity index (χ0v) is 43.1. The largest absolute Gasteiger partial charge is 0.488 e. The molecule has 74 heavy (non-hydrogen) atoms. The highest BCUT2D eigenvalue weighted by molar-refractivity contribution is 6.34. The third-order valence-corrected chi connectivity index (χ3v) is 17.4. The van der Waals surface area contributed by atoms with Crippen molar-refractivity contribution >= 4 is 46.1 Å². The number of halogens is 3. The van der Waals surface area contributed by atoms with Crippen LogP contribution < -0.4 is 25.8 Å². The molecule has 14 nitrogen and oxygen atoms in total. The molecule has 17 heteroatoms. The van der Waals surface area contributed by atoms with E-state index in [0.29, 0.717) is 30.9 Å². The fourth-order valence-corrected chi connectivity index (χ4v) is 13.0. The Hall–Kier alpha value is -5.94. The molecule has 1 aliphatic carbocycles. The van der Waals surface area contributed by atoms with Gasteiger partial charge < -0.3 is 35.4 Å². The van der Waals surface area contributed by atoms with Gasteiger partial charge in [0.1, 0.15) is 18.2 Å². The summed E-state index contributed by atoms with van der Waals surface area (Å²) in [5.41, 5.74) is 8.49. The molecule has 1 unspecified atom stereocenters. The van der Waals surface area contributed by atoms with Crippen molar-refractivity contribution in [3.05, 3.63) is 111 Å². The van der Waals surface area contributed by atoms with E-state index in [-0.39, 0.29) is 76.5 Å². The van der Waals surface area contributed by atoms with Crippen LogP contribution in [0, 0.1) is 23.0 Å². The molecular weight excluding hydrogens is 968 g/mol. The van der Waals surface area contributed by atoms with E-state index in [2.05, 4.69) is 45.6 Å². The Morgan fingerprint density at radius 1 is 0.959 bits per heavy atom. The summed E-state index contributed by atoms with van der Waals surface area (Å²) in [6.07, 6.45) is 7.89. The molecule has 5 N–H and O–H groups in total. The van der Waals surface area contributed by atoms with Gasteiger partial charge in [0.15, 0.2) is 17.2 Å². The molecule has 5 heterocycles. The van der Waals surface area contributed by atoms with Crippen LogP contribution in [0.1, 0.15) is 129 Å². The SMILES string of the molecule is C[C@H]1c2c(cc(F)c(Cl)c2-c2c(C(N)=O)ccc(OCCO)c2F)O[C@]1(CNC1CCC(C(=O)N2CCC(C)(CN3CCC(c4ccc5c(C6CCC(=O)NC6=O)nn(C)c5c4)CC3)CC2)CC1)c1ccccc1. The molecular formula is C57H66ClF2N7O7. The fourth-order valence-electron chi connectivity index (χ4n) is 12.7. The van der Waals surface area contributed by atoms with Crippen LogP contribution in [0.5, 0.6) is 11.5 Å². The number of amides is 4. The summed E-state index contributed by atoms with van der Waals surface area (Å²) in [4.78, 5) is 56.0. The number of carbonyl (C=O) groups is 4. The predicted octanol–water partition coefficient (Wildman–Crippen LogP) is 8.21. The Balaban J connectivity index is 0.741. The Labute approximate surface area is 435 Å². The second-order valence-corrected chi connectivity index (χ2v) is 22.1. The van der Waals surface area contributed by atoms with Crippen molar-refractivity contribution in [3.63, 3.8) is 0 Å². The van der Waals surface area contributed by atoms with Crippen molar-refractivity contribution in [2.45, 2.75) is 107 Å². The topological polar surface area (TPSA) is 181 Å². The van der Waals surface area contributed by atoms with Crippen molar-refractivity contribution in [1.82, 2.24) is 30.2 Å². The molecule has 392 valence electrons. The van der Waals surface area contributed by atoms with Crippen LogP contribution in [0.3, 0.4) is 0 Å². The van der Waals surface area contributed by atoms with Gasteiger partial charge in [0.2, 0.25) is 23.6 Å². The number of hydrogen-bond donors (Lipinski definition) is 4. The standard InChI is InChI=1S/C57H66ClF2N7O7/c1-33-47-45(30-42(59)50(58)49(47)48-40(53(61)70)15-17-44(51(48)60)73-28-27-68)74-57(33,37-7-5-4-6-8-37)31-62-38-12-9-35(10-13-38)55(72)67-25-21-56(2,22-26-67)32-66-23-19-34(20-24-66)36-11-14-39-43(29-36)65(3)64-52(39)41-16-18-46(69)63-54(41)71/h4-8,11,14-15,17,29-30,33-35,38,41,62,68H,9-10,12-13,16,18-28,31-32H2,1-3H3,(H2,61,70)(H,63,69,71)/t33-,35?,38?,41?,57-/m0/s1. The number of nitrogens with zero attached hydrogens (tertiary/aromatic N) is 4. The van der Waals surface area contributed by atoms with Gasteiger partial charge in [-0.05, 0) is 112 Å². The minimum absolute atomic E-state index is 0.0489. The normalized spacial score (nSPS) is 24.4. The summed E-state index contributed by atoms with van der Waals surface area (Å²) < 4.78 is 46.5. The molecule has 4 fully saturated rings. The highest BCUT2D eigenvalue weighted by atomic mass is 35.5. The lowest BCUT2D eigenvalue weighted by Crippen LogP contribution is -2.50. The Morgan fingerprint density at radius 2 is 1.69 bits per heavy atom. The van der Waals surface area contributed by atoms with Gasteiger partial charge in [-0.3, -0.25) is 29.2 Å². The van der Waals surface area contributed by atoms with Crippen LogP contribution in [0.25, 0.3) is 22.0 Å². The Bertz CT molecular complexity index is 2970. The lowest BCUT2D eigenvalue weighted by molar-refractivity contribution is -0.139. The Morgan fingerprint density at radius 3 is 2.38 bits per heavy atom. The van der Waals surface area contributed by atoms with Crippen LogP contribution in [0.2, 0.25) is 5.02 Å². The highest BCUT2D eigenvalue weighted by Gasteiger charge is 2.50. The van der Waals surface area contributed by atoms with E-state index in [1.165, 1.54) is 23.8 Å². The van der Waals surface area contributed by atoms with E-state index in [9.17, 15) is 24.3 Å². The molecule has 4 amide bonds. The number of nitrogens with two attached hydrogens (primary N) is 1. The summed E-state index contributed by atoms with van der Waals surface area (Å²) in [6.45, 7) is 8.54. The molecule has 0 spiro atoms. The quantitative estimate of drug-likeness (QED) is 0.0792. The summed E-state index contributed by atoms with van der Waals surface area (Å²) in [6, 6.07) is 19.9. The third-order valence-electron chi connectivity index (χ3n) is 17.0. The van der Waals surface area contributed by atoms with Crippen molar-refractivity contribution < 1.29 is 42.5 Å². The van der Waals surface area contributed by atoms with Gasteiger partial charge in [0.25, 0.3) is 0 Å². The number of rotatable bonds is 14. The number of aliphatic hydroxyl groups is 1. The highest BCUT2D eigenvalue weighted by Crippen LogP contribution is 2.57. The van der Waals surface area contributed by atoms with Gasteiger partial charge in [0, 0.05) is 85.7 Å².